The average Bonchev–Trinajstić information content (AvgIpc) is 3.44. The maximum absolute atomic E-state index is 13.3. The van der Waals surface area contributed by atoms with Gasteiger partial charge in [-0.05, 0) is 24.5 Å². The highest BCUT2D eigenvalue weighted by Crippen LogP contribution is 2.30. The fraction of sp³-hybridized carbons (Fsp3) is 0.368. The molecule has 0 bridgehead atoms. The van der Waals surface area contributed by atoms with E-state index in [1.165, 1.54) is 11.5 Å². The number of aromatic nitrogens is 6. The third-order valence-electron chi connectivity index (χ3n) is 5.18. The Morgan fingerprint density at radius 1 is 1.26 bits per heavy atom. The van der Waals surface area contributed by atoms with E-state index in [-0.39, 0.29) is 25.2 Å². The molecule has 1 saturated heterocycles. The van der Waals surface area contributed by atoms with Crippen LogP contribution >= 0.6 is 23.9 Å². The summed E-state index contributed by atoms with van der Waals surface area (Å²) in [5.41, 5.74) is 4.25. The van der Waals surface area contributed by atoms with E-state index in [4.69, 9.17) is 0 Å². The topological polar surface area (TPSA) is 87.0 Å². The zero-order valence-corrected chi connectivity index (χ0v) is 18.3. The summed E-state index contributed by atoms with van der Waals surface area (Å²) < 4.78 is 33.1. The quantitative estimate of drug-likeness (QED) is 0.456. The number of fused-ring (bicyclic) bond motifs is 1. The third-order valence-corrected chi connectivity index (χ3v) is 5.92. The molecule has 1 aliphatic rings. The molecule has 4 aromatic rings. The number of alkyl halides is 2. The van der Waals surface area contributed by atoms with Gasteiger partial charge in [-0.1, -0.05) is 0 Å². The lowest BCUT2D eigenvalue weighted by atomic mass is 10.1. The molecule has 2 N–H and O–H groups in total. The van der Waals surface area contributed by atoms with Crippen LogP contribution in [0.5, 0.6) is 0 Å². The molecule has 1 aliphatic heterocycles. The Labute approximate surface area is 187 Å². The van der Waals surface area contributed by atoms with Gasteiger partial charge in [-0.15, -0.1) is 12.4 Å². The Morgan fingerprint density at radius 3 is 2.81 bits per heavy atom. The molecule has 12 heteroatoms. The maximum Gasteiger partial charge on any atom is 0.250 e. The van der Waals surface area contributed by atoms with E-state index in [0.29, 0.717) is 31.1 Å². The van der Waals surface area contributed by atoms with Crippen molar-refractivity contribution in [2.45, 2.75) is 32.2 Å². The summed E-state index contributed by atoms with van der Waals surface area (Å²) >= 11 is 1.32. The van der Waals surface area contributed by atoms with Crippen molar-refractivity contribution in [2.24, 2.45) is 0 Å². The molecule has 31 heavy (non-hydrogen) atoms. The van der Waals surface area contributed by atoms with Gasteiger partial charge in [-0.25, -0.2) is 18.7 Å². The van der Waals surface area contributed by atoms with Gasteiger partial charge in [0.15, 0.2) is 11.5 Å². The minimum atomic E-state index is -2.53. The first-order chi connectivity index (χ1) is 14.5. The van der Waals surface area contributed by atoms with Crippen LogP contribution in [0.2, 0.25) is 0 Å². The molecular weight excluding hydrogens is 446 g/mol. The zero-order valence-electron chi connectivity index (χ0n) is 16.7. The van der Waals surface area contributed by atoms with Gasteiger partial charge in [0, 0.05) is 50.4 Å². The molecule has 0 unspecified atom stereocenters. The van der Waals surface area contributed by atoms with Crippen LogP contribution in [0.1, 0.15) is 24.2 Å². The van der Waals surface area contributed by atoms with Crippen molar-refractivity contribution in [3.8, 4) is 11.3 Å². The summed E-state index contributed by atoms with van der Waals surface area (Å²) in [4.78, 5) is 11.1. The van der Waals surface area contributed by atoms with Gasteiger partial charge in [0.05, 0.1) is 29.5 Å². The van der Waals surface area contributed by atoms with Crippen LogP contribution in [0, 0.1) is 6.92 Å². The van der Waals surface area contributed by atoms with Gasteiger partial charge < -0.3 is 5.32 Å². The van der Waals surface area contributed by atoms with E-state index in [2.05, 4.69) is 29.9 Å². The Kier molecular flexibility index (Phi) is 5.91. The molecular formula is C19H21ClF2N8S. The fourth-order valence-corrected chi connectivity index (χ4v) is 4.28. The number of nitrogens with one attached hydrogen (secondary N) is 2. The van der Waals surface area contributed by atoms with Gasteiger partial charge in [0.25, 0.3) is 5.92 Å². The highest BCUT2D eigenvalue weighted by Gasteiger charge is 2.34. The van der Waals surface area contributed by atoms with Gasteiger partial charge in [-0.3, -0.25) is 14.4 Å². The number of aryl methyl sites for hydroxylation is 1. The number of H-pyrrole nitrogens is 1. The number of aromatic amines is 1. The van der Waals surface area contributed by atoms with Gasteiger partial charge in [0.2, 0.25) is 0 Å². The summed E-state index contributed by atoms with van der Waals surface area (Å²) in [7, 11) is 0. The summed E-state index contributed by atoms with van der Waals surface area (Å²) in [5.74, 6) is -1.90. The van der Waals surface area contributed by atoms with Crippen LogP contribution in [-0.2, 0) is 6.54 Å². The Morgan fingerprint density at radius 2 is 2.06 bits per heavy atom. The Balaban J connectivity index is 0.00000231. The normalized spacial score (nSPS) is 16.4. The van der Waals surface area contributed by atoms with Crippen molar-refractivity contribution in [3.05, 3.63) is 42.2 Å². The molecule has 8 nitrogen and oxygen atoms in total. The largest absolute Gasteiger partial charge is 0.328 e. The first-order valence-corrected chi connectivity index (χ1v) is 10.4. The van der Waals surface area contributed by atoms with Crippen LogP contribution in [-0.4, -0.2) is 52.9 Å². The minimum absolute atomic E-state index is 0. The second kappa shape index (κ2) is 8.48. The predicted octanol–water partition coefficient (Wildman–Crippen LogP) is 4.28. The van der Waals surface area contributed by atoms with Crippen LogP contribution in [0.3, 0.4) is 0 Å². The fourth-order valence-electron chi connectivity index (χ4n) is 3.63. The van der Waals surface area contributed by atoms with Gasteiger partial charge >= 0.3 is 0 Å². The Hall–Kier alpha value is -2.63. The van der Waals surface area contributed by atoms with Crippen LogP contribution in [0.4, 0.5) is 19.6 Å². The lowest BCUT2D eigenvalue weighted by molar-refractivity contribution is -0.0568. The molecule has 0 amide bonds. The van der Waals surface area contributed by atoms with E-state index < -0.39 is 5.92 Å². The van der Waals surface area contributed by atoms with E-state index in [0.717, 1.165) is 27.6 Å². The molecule has 0 aliphatic carbocycles. The van der Waals surface area contributed by atoms with Crippen LogP contribution < -0.4 is 5.32 Å². The minimum Gasteiger partial charge on any atom is -0.328 e. The number of hydrogen-bond donors (Lipinski definition) is 2. The zero-order chi connectivity index (χ0) is 20.7. The molecule has 5 rings (SSSR count). The average molecular weight is 467 g/mol. The highest BCUT2D eigenvalue weighted by molar-refractivity contribution is 7.10. The van der Waals surface area contributed by atoms with Crippen molar-refractivity contribution < 1.29 is 8.78 Å². The number of halogens is 3. The summed E-state index contributed by atoms with van der Waals surface area (Å²) in [6.07, 6.45) is 7.10. The summed E-state index contributed by atoms with van der Waals surface area (Å²) in [5, 5.41) is 11.0. The first-order valence-electron chi connectivity index (χ1n) is 9.63. The van der Waals surface area contributed by atoms with Crippen molar-refractivity contribution >= 4 is 40.4 Å². The van der Waals surface area contributed by atoms with E-state index in [1.54, 1.807) is 12.4 Å². The molecule has 1 fully saturated rings. The molecule has 4 aromatic heterocycles. The number of hydrogen-bond acceptors (Lipinski definition) is 7. The molecule has 0 saturated carbocycles. The molecule has 0 aromatic carbocycles. The lowest BCUT2D eigenvalue weighted by Crippen LogP contribution is -2.38. The predicted molar refractivity (Wildman–Crippen MR) is 117 cm³/mol. The van der Waals surface area contributed by atoms with E-state index >= 15 is 0 Å². The van der Waals surface area contributed by atoms with Gasteiger partial charge in [-0.2, -0.15) is 9.47 Å². The third kappa shape index (κ3) is 4.53. The van der Waals surface area contributed by atoms with E-state index in [1.807, 2.05) is 34.7 Å². The SMILES string of the molecule is Cc1cn2c(-c3cn[nH]c3)cnc2c(Nc2cc(CN3CCC(F)(F)CC3)ns2)n1.Cl. The highest BCUT2D eigenvalue weighted by atomic mass is 35.5. The number of nitrogens with zero attached hydrogens (tertiary/aromatic N) is 6. The van der Waals surface area contributed by atoms with Crippen molar-refractivity contribution in [1.29, 1.82) is 0 Å². The van der Waals surface area contributed by atoms with Crippen molar-refractivity contribution in [2.75, 3.05) is 18.4 Å². The maximum atomic E-state index is 13.3. The smallest absolute Gasteiger partial charge is 0.250 e. The summed E-state index contributed by atoms with van der Waals surface area (Å²) in [6.45, 7) is 3.27. The second-order valence-corrected chi connectivity index (χ2v) is 8.30. The summed E-state index contributed by atoms with van der Waals surface area (Å²) in [6, 6.07) is 1.94. The van der Waals surface area contributed by atoms with Gasteiger partial charge in [0.1, 0.15) is 5.00 Å². The second-order valence-electron chi connectivity index (χ2n) is 7.49. The molecule has 0 atom stereocenters. The monoisotopic (exact) mass is 466 g/mol. The van der Waals surface area contributed by atoms with E-state index in [9.17, 15) is 8.78 Å². The number of imidazole rings is 1. The first kappa shape index (κ1) is 21.6. The number of anilines is 2. The number of rotatable bonds is 5. The lowest BCUT2D eigenvalue weighted by Gasteiger charge is -2.31. The van der Waals surface area contributed by atoms with Crippen molar-refractivity contribution in [3.63, 3.8) is 0 Å². The number of piperidine rings is 1. The number of likely N-dealkylation sites (tertiary alicyclic amines) is 1. The Bertz CT molecular complexity index is 1160. The molecule has 0 radical (unpaired) electrons. The molecule has 0 spiro atoms. The molecule has 164 valence electrons. The molecule has 5 heterocycles. The van der Waals surface area contributed by atoms with Crippen LogP contribution in [0.15, 0.2) is 30.9 Å². The van der Waals surface area contributed by atoms with Crippen LogP contribution in [0.25, 0.3) is 16.9 Å². The standard InChI is InChI=1S/C19H20F2N8S.ClH/c1-12-10-29-15(13-7-23-24-8-13)9-22-18(29)17(25-12)26-16-6-14(27-30-16)11-28-4-2-19(20,21)3-5-28;/h6-10H,2-5,11H2,1H3,(H,23,24)(H,25,26);1H. The van der Waals surface area contributed by atoms with Crippen molar-refractivity contribution in [1.82, 2.24) is 33.8 Å².